The Bertz CT molecular complexity index is 1070. The fourth-order valence-electron chi connectivity index (χ4n) is 4.41. The van der Waals surface area contributed by atoms with E-state index in [0.29, 0.717) is 11.4 Å². The van der Waals surface area contributed by atoms with Gasteiger partial charge in [-0.1, -0.05) is 37.3 Å². The minimum Gasteiger partial charge on any atom is -0.476 e. The summed E-state index contributed by atoms with van der Waals surface area (Å²) in [4.78, 5) is 13.1. The number of nitrogens with one attached hydrogen (secondary N) is 1. The van der Waals surface area contributed by atoms with Crippen molar-refractivity contribution in [1.29, 1.82) is 0 Å². The minimum atomic E-state index is -3.52. The van der Waals surface area contributed by atoms with Gasteiger partial charge in [-0.25, -0.2) is 8.42 Å². The van der Waals surface area contributed by atoms with Crippen molar-refractivity contribution >= 4 is 21.6 Å². The van der Waals surface area contributed by atoms with Crippen molar-refractivity contribution in [2.75, 3.05) is 16.6 Å². The van der Waals surface area contributed by atoms with Crippen LogP contribution in [0.2, 0.25) is 0 Å². The molecule has 0 radical (unpaired) electrons. The molecule has 0 bridgehead atoms. The van der Waals surface area contributed by atoms with Gasteiger partial charge in [0.25, 0.3) is 5.91 Å². The Morgan fingerprint density at radius 3 is 2.61 bits per heavy atom. The van der Waals surface area contributed by atoms with Crippen LogP contribution < -0.4 is 14.4 Å². The first-order valence-corrected chi connectivity index (χ1v) is 12.7. The molecule has 0 saturated heterocycles. The van der Waals surface area contributed by atoms with Gasteiger partial charge in [0, 0.05) is 0 Å². The molecule has 1 amide bonds. The number of carbonyl (C=O) groups excluding carboxylic acids is 1. The average Bonchev–Trinajstić information content (AvgIpc) is 2.81. The molecular formula is C24H30N2O4S. The topological polar surface area (TPSA) is 75.7 Å². The molecule has 0 aromatic heterocycles. The zero-order chi connectivity index (χ0) is 22.0. The predicted octanol–water partition coefficient (Wildman–Crippen LogP) is 3.75. The van der Waals surface area contributed by atoms with E-state index in [4.69, 9.17) is 4.74 Å². The smallest absolute Gasteiger partial charge is 0.263 e. The van der Waals surface area contributed by atoms with Crippen molar-refractivity contribution in [3.8, 4) is 5.75 Å². The summed E-state index contributed by atoms with van der Waals surface area (Å²) in [5.74, 6) is 0.0747. The summed E-state index contributed by atoms with van der Waals surface area (Å²) < 4.78 is 32.5. The number of aryl methyl sites for hydroxylation is 2. The minimum absolute atomic E-state index is 0.0281. The van der Waals surface area contributed by atoms with Crippen LogP contribution in [0, 0.1) is 0 Å². The molecule has 1 N–H and O–H groups in total. The van der Waals surface area contributed by atoms with Gasteiger partial charge in [0.15, 0.2) is 6.10 Å². The number of sulfonamides is 1. The van der Waals surface area contributed by atoms with E-state index in [1.807, 2.05) is 6.92 Å². The van der Waals surface area contributed by atoms with Crippen LogP contribution in [-0.2, 0) is 27.7 Å². The van der Waals surface area contributed by atoms with Gasteiger partial charge < -0.3 is 10.1 Å². The second kappa shape index (κ2) is 8.91. The summed E-state index contributed by atoms with van der Waals surface area (Å²) >= 11 is 0. The number of nitrogens with zero attached hydrogens (tertiary/aromatic N) is 1. The lowest BCUT2D eigenvalue weighted by Gasteiger charge is -2.35. The molecule has 0 spiro atoms. The van der Waals surface area contributed by atoms with E-state index in [0.717, 1.165) is 24.8 Å². The molecule has 2 atom stereocenters. The molecule has 1 aliphatic heterocycles. The monoisotopic (exact) mass is 442 g/mol. The number of rotatable bonds is 6. The summed E-state index contributed by atoms with van der Waals surface area (Å²) in [7, 11) is -3.52. The molecule has 2 aromatic rings. The van der Waals surface area contributed by atoms with Crippen molar-refractivity contribution in [3.63, 3.8) is 0 Å². The standard InChI is InChI=1S/C24H30N2O4S/c1-3-20(19-14-13-17-9-5-6-10-18(17)15-19)25-24(27)23-16-26(31(28,29)4-2)21-11-7-8-12-22(21)30-23/h7-8,11-15,20,23H,3-6,9-10,16H2,1-2H3,(H,25,27)/t20-,23+/m0/s1. The van der Waals surface area contributed by atoms with Gasteiger partial charge in [-0.2, -0.15) is 0 Å². The number of amides is 1. The van der Waals surface area contributed by atoms with Crippen LogP contribution >= 0.6 is 0 Å². The second-order valence-corrected chi connectivity index (χ2v) is 10.4. The molecular weight excluding hydrogens is 412 g/mol. The number of hydrogen-bond donors (Lipinski definition) is 1. The Labute approximate surface area is 184 Å². The number of hydrogen-bond acceptors (Lipinski definition) is 4. The van der Waals surface area contributed by atoms with E-state index in [-0.39, 0.29) is 24.2 Å². The lowest BCUT2D eigenvalue weighted by Crippen LogP contribution is -2.51. The zero-order valence-electron chi connectivity index (χ0n) is 18.1. The van der Waals surface area contributed by atoms with Gasteiger partial charge in [0.1, 0.15) is 5.75 Å². The summed E-state index contributed by atoms with van der Waals surface area (Å²) in [5.41, 5.74) is 4.35. The number of anilines is 1. The molecule has 6 nitrogen and oxygen atoms in total. The molecule has 1 aliphatic carbocycles. The maximum Gasteiger partial charge on any atom is 0.263 e. The molecule has 0 saturated carbocycles. The maximum atomic E-state index is 13.1. The average molecular weight is 443 g/mol. The summed E-state index contributed by atoms with van der Waals surface area (Å²) in [6.45, 7) is 3.61. The van der Waals surface area contributed by atoms with E-state index >= 15 is 0 Å². The Hall–Kier alpha value is -2.54. The van der Waals surface area contributed by atoms with Crippen molar-refractivity contribution in [2.24, 2.45) is 0 Å². The van der Waals surface area contributed by atoms with Crippen LogP contribution in [0.5, 0.6) is 5.75 Å². The van der Waals surface area contributed by atoms with Crippen LogP contribution in [0.15, 0.2) is 42.5 Å². The fraction of sp³-hybridized carbons (Fsp3) is 0.458. The van der Waals surface area contributed by atoms with Crippen LogP contribution in [-0.4, -0.2) is 32.7 Å². The molecule has 2 aromatic carbocycles. The SMILES string of the molecule is CC[C@H](NC(=O)[C@H]1CN(S(=O)(=O)CC)c2ccccc2O1)c1ccc2c(c1)CCCC2. The van der Waals surface area contributed by atoms with E-state index in [1.165, 1.54) is 28.3 Å². The van der Waals surface area contributed by atoms with Gasteiger partial charge >= 0.3 is 0 Å². The molecule has 31 heavy (non-hydrogen) atoms. The fourth-order valence-corrected chi connectivity index (χ4v) is 5.54. The number of benzene rings is 2. The lowest BCUT2D eigenvalue weighted by atomic mass is 9.88. The van der Waals surface area contributed by atoms with Crippen molar-refractivity contribution in [1.82, 2.24) is 5.32 Å². The van der Waals surface area contributed by atoms with Gasteiger partial charge in [-0.05, 0) is 67.9 Å². The molecule has 4 rings (SSSR count). The van der Waals surface area contributed by atoms with E-state index in [2.05, 4.69) is 23.5 Å². The summed E-state index contributed by atoms with van der Waals surface area (Å²) in [6, 6.07) is 13.3. The molecule has 7 heteroatoms. The Kier molecular flexibility index (Phi) is 6.23. The number of para-hydroxylation sites is 2. The highest BCUT2D eigenvalue weighted by molar-refractivity contribution is 7.92. The van der Waals surface area contributed by atoms with Crippen molar-refractivity contribution < 1.29 is 17.9 Å². The highest BCUT2D eigenvalue weighted by atomic mass is 32.2. The predicted molar refractivity (Wildman–Crippen MR) is 122 cm³/mol. The number of ether oxygens (including phenoxy) is 1. The summed E-state index contributed by atoms with van der Waals surface area (Å²) in [5, 5.41) is 3.09. The number of fused-ring (bicyclic) bond motifs is 2. The van der Waals surface area contributed by atoms with Crippen LogP contribution in [0.1, 0.15) is 55.8 Å². The van der Waals surface area contributed by atoms with Crippen LogP contribution in [0.4, 0.5) is 5.69 Å². The van der Waals surface area contributed by atoms with Crippen molar-refractivity contribution in [2.45, 2.75) is 58.1 Å². The second-order valence-electron chi connectivity index (χ2n) is 8.21. The van der Waals surface area contributed by atoms with E-state index in [9.17, 15) is 13.2 Å². The van der Waals surface area contributed by atoms with E-state index < -0.39 is 16.1 Å². The van der Waals surface area contributed by atoms with Gasteiger partial charge in [-0.3, -0.25) is 9.10 Å². The van der Waals surface area contributed by atoms with Crippen molar-refractivity contribution in [3.05, 3.63) is 59.2 Å². The third kappa shape index (κ3) is 4.42. The first-order valence-electron chi connectivity index (χ1n) is 11.1. The van der Waals surface area contributed by atoms with Crippen LogP contribution in [0.3, 0.4) is 0 Å². The van der Waals surface area contributed by atoms with Gasteiger partial charge in [0.05, 0.1) is 24.0 Å². The molecule has 166 valence electrons. The first-order chi connectivity index (χ1) is 14.9. The van der Waals surface area contributed by atoms with E-state index in [1.54, 1.807) is 31.2 Å². The Morgan fingerprint density at radius 1 is 1.13 bits per heavy atom. The Morgan fingerprint density at radius 2 is 1.87 bits per heavy atom. The molecule has 0 fully saturated rings. The molecule has 1 heterocycles. The highest BCUT2D eigenvalue weighted by Crippen LogP contribution is 2.35. The third-order valence-electron chi connectivity index (χ3n) is 6.23. The molecule has 2 aliphatic rings. The maximum absolute atomic E-state index is 13.1. The van der Waals surface area contributed by atoms with Crippen LogP contribution in [0.25, 0.3) is 0 Å². The highest BCUT2D eigenvalue weighted by Gasteiger charge is 2.36. The lowest BCUT2D eigenvalue weighted by molar-refractivity contribution is -0.128. The molecule has 0 unspecified atom stereocenters. The zero-order valence-corrected chi connectivity index (χ0v) is 19.0. The summed E-state index contributed by atoms with van der Waals surface area (Å²) in [6.07, 6.45) is 4.48. The quantitative estimate of drug-likeness (QED) is 0.739. The Balaban J connectivity index is 1.55. The van der Waals surface area contributed by atoms with Gasteiger partial charge in [0.2, 0.25) is 10.0 Å². The number of carbonyl (C=O) groups is 1. The third-order valence-corrected chi connectivity index (χ3v) is 7.97. The largest absolute Gasteiger partial charge is 0.476 e. The first kappa shape index (κ1) is 21.7. The normalized spacial score (nSPS) is 19.0. The van der Waals surface area contributed by atoms with Gasteiger partial charge in [-0.15, -0.1) is 0 Å².